The van der Waals surface area contributed by atoms with Crippen LogP contribution in [0.1, 0.15) is 33.6 Å². The van der Waals surface area contributed by atoms with Crippen LogP contribution in [0.3, 0.4) is 0 Å². The summed E-state index contributed by atoms with van der Waals surface area (Å²) in [5, 5.41) is 3.57. The summed E-state index contributed by atoms with van der Waals surface area (Å²) >= 11 is 0. The first-order chi connectivity index (χ1) is 6.65. The minimum atomic E-state index is 0.651. The Bertz CT molecular complexity index is 215. The van der Waals surface area contributed by atoms with E-state index in [0.29, 0.717) is 6.04 Å². The Hall–Kier alpha value is -0.560. The maximum absolute atomic E-state index is 3.76. The van der Waals surface area contributed by atoms with Crippen LogP contribution in [0.5, 0.6) is 0 Å². The van der Waals surface area contributed by atoms with E-state index < -0.39 is 0 Å². The second-order valence-electron chi connectivity index (χ2n) is 4.70. The molecule has 0 heterocycles. The fourth-order valence-corrected chi connectivity index (χ4v) is 2.28. The van der Waals surface area contributed by atoms with E-state index in [1.165, 1.54) is 18.4 Å². The second kappa shape index (κ2) is 5.35. The lowest BCUT2D eigenvalue weighted by molar-refractivity contribution is 0.270. The van der Waals surface area contributed by atoms with Crippen molar-refractivity contribution in [3.8, 4) is 0 Å². The van der Waals surface area contributed by atoms with E-state index in [0.717, 1.165) is 18.4 Å². The molecule has 2 atom stereocenters. The standard InChI is InChI=1S/C13H23N/c1-5-8-14-13-9-11(4)6-7-12(13)10(2)3/h5-6,10,12-14H,1,7-9H2,2-4H3. The van der Waals surface area contributed by atoms with E-state index in [9.17, 15) is 0 Å². The molecular weight excluding hydrogens is 170 g/mol. The maximum atomic E-state index is 3.76. The largest absolute Gasteiger partial charge is 0.310 e. The Morgan fingerprint density at radius 2 is 2.36 bits per heavy atom. The second-order valence-corrected chi connectivity index (χ2v) is 4.70. The first-order valence-corrected chi connectivity index (χ1v) is 5.65. The van der Waals surface area contributed by atoms with E-state index in [-0.39, 0.29) is 0 Å². The summed E-state index contributed by atoms with van der Waals surface area (Å²) in [6, 6.07) is 0.651. The van der Waals surface area contributed by atoms with Crippen molar-refractivity contribution in [1.82, 2.24) is 5.32 Å². The van der Waals surface area contributed by atoms with Gasteiger partial charge in [-0.3, -0.25) is 0 Å². The molecule has 1 rings (SSSR count). The number of allylic oxidation sites excluding steroid dienone is 1. The number of hydrogen-bond acceptors (Lipinski definition) is 1. The Morgan fingerprint density at radius 1 is 1.64 bits per heavy atom. The highest BCUT2D eigenvalue weighted by Gasteiger charge is 2.25. The third-order valence-electron chi connectivity index (χ3n) is 3.18. The summed E-state index contributed by atoms with van der Waals surface area (Å²) in [5.41, 5.74) is 1.53. The molecule has 1 N–H and O–H groups in total. The van der Waals surface area contributed by atoms with Gasteiger partial charge in [0.1, 0.15) is 0 Å². The highest BCUT2D eigenvalue weighted by molar-refractivity contribution is 5.08. The molecule has 0 saturated carbocycles. The maximum Gasteiger partial charge on any atom is 0.0141 e. The molecule has 0 spiro atoms. The van der Waals surface area contributed by atoms with Gasteiger partial charge in [0.15, 0.2) is 0 Å². The van der Waals surface area contributed by atoms with Gasteiger partial charge in [0.25, 0.3) is 0 Å². The minimum absolute atomic E-state index is 0.651. The van der Waals surface area contributed by atoms with Crippen LogP contribution >= 0.6 is 0 Å². The number of hydrogen-bond donors (Lipinski definition) is 1. The van der Waals surface area contributed by atoms with Gasteiger partial charge in [-0.05, 0) is 31.6 Å². The van der Waals surface area contributed by atoms with Crippen LogP contribution in [0.2, 0.25) is 0 Å². The molecule has 80 valence electrons. The zero-order valence-electron chi connectivity index (χ0n) is 9.72. The van der Waals surface area contributed by atoms with Gasteiger partial charge in [-0.15, -0.1) is 6.58 Å². The van der Waals surface area contributed by atoms with E-state index >= 15 is 0 Å². The molecule has 0 aromatic carbocycles. The monoisotopic (exact) mass is 193 g/mol. The van der Waals surface area contributed by atoms with Crippen LogP contribution in [0, 0.1) is 11.8 Å². The predicted molar refractivity (Wildman–Crippen MR) is 63.3 cm³/mol. The van der Waals surface area contributed by atoms with E-state index in [4.69, 9.17) is 0 Å². The Labute approximate surface area is 88.3 Å². The van der Waals surface area contributed by atoms with Crippen LogP contribution in [0.15, 0.2) is 24.3 Å². The van der Waals surface area contributed by atoms with E-state index in [1.807, 2.05) is 6.08 Å². The summed E-state index contributed by atoms with van der Waals surface area (Å²) in [5.74, 6) is 1.56. The lowest BCUT2D eigenvalue weighted by Crippen LogP contribution is -2.40. The molecule has 0 amide bonds. The molecule has 0 aromatic rings. The Morgan fingerprint density at radius 3 is 2.93 bits per heavy atom. The molecule has 1 aliphatic carbocycles. The molecule has 14 heavy (non-hydrogen) atoms. The van der Waals surface area contributed by atoms with Crippen LogP contribution in [-0.2, 0) is 0 Å². The quantitative estimate of drug-likeness (QED) is 0.676. The Balaban J connectivity index is 2.58. The van der Waals surface area contributed by atoms with Crippen LogP contribution in [-0.4, -0.2) is 12.6 Å². The van der Waals surface area contributed by atoms with Crippen molar-refractivity contribution in [1.29, 1.82) is 0 Å². The lowest BCUT2D eigenvalue weighted by Gasteiger charge is -2.34. The minimum Gasteiger partial charge on any atom is -0.310 e. The Kier molecular flexibility index (Phi) is 4.40. The smallest absolute Gasteiger partial charge is 0.0141 e. The van der Waals surface area contributed by atoms with Crippen LogP contribution in [0.25, 0.3) is 0 Å². The molecular formula is C13H23N. The molecule has 0 aromatic heterocycles. The summed E-state index contributed by atoms with van der Waals surface area (Å²) in [6.45, 7) is 11.6. The topological polar surface area (TPSA) is 12.0 Å². The average Bonchev–Trinajstić information content (AvgIpc) is 2.14. The van der Waals surface area contributed by atoms with Gasteiger partial charge in [0.2, 0.25) is 0 Å². The van der Waals surface area contributed by atoms with Gasteiger partial charge in [0, 0.05) is 12.6 Å². The lowest BCUT2D eigenvalue weighted by atomic mass is 9.78. The molecule has 1 nitrogen and oxygen atoms in total. The molecule has 1 heteroatoms. The van der Waals surface area contributed by atoms with Crippen molar-refractivity contribution < 1.29 is 0 Å². The van der Waals surface area contributed by atoms with Crippen molar-refractivity contribution in [2.24, 2.45) is 11.8 Å². The first-order valence-electron chi connectivity index (χ1n) is 5.65. The third kappa shape index (κ3) is 2.98. The SMILES string of the molecule is C=CCNC1CC(C)=CCC1C(C)C. The molecule has 0 radical (unpaired) electrons. The zero-order valence-corrected chi connectivity index (χ0v) is 9.72. The predicted octanol–water partition coefficient (Wildman–Crippen LogP) is 3.14. The highest BCUT2D eigenvalue weighted by atomic mass is 14.9. The van der Waals surface area contributed by atoms with Gasteiger partial charge < -0.3 is 5.32 Å². The molecule has 1 aliphatic rings. The van der Waals surface area contributed by atoms with Crippen LogP contribution in [0.4, 0.5) is 0 Å². The molecule has 0 fully saturated rings. The average molecular weight is 193 g/mol. The van der Waals surface area contributed by atoms with Crippen molar-refractivity contribution in [2.45, 2.75) is 39.7 Å². The van der Waals surface area contributed by atoms with E-state index in [1.54, 1.807) is 0 Å². The summed E-state index contributed by atoms with van der Waals surface area (Å²) < 4.78 is 0. The normalized spacial score (nSPS) is 27.6. The highest BCUT2D eigenvalue weighted by Crippen LogP contribution is 2.29. The van der Waals surface area contributed by atoms with Gasteiger partial charge in [-0.25, -0.2) is 0 Å². The molecule has 0 bridgehead atoms. The van der Waals surface area contributed by atoms with Gasteiger partial charge in [-0.1, -0.05) is 31.6 Å². The summed E-state index contributed by atoms with van der Waals surface area (Å²) in [6.07, 6.45) is 6.79. The number of nitrogens with one attached hydrogen (secondary N) is 1. The molecule has 0 saturated heterocycles. The van der Waals surface area contributed by atoms with Crippen LogP contribution < -0.4 is 5.32 Å². The fourth-order valence-electron chi connectivity index (χ4n) is 2.28. The van der Waals surface area contributed by atoms with Gasteiger partial charge in [0.05, 0.1) is 0 Å². The van der Waals surface area contributed by atoms with Crippen molar-refractivity contribution >= 4 is 0 Å². The first kappa shape index (κ1) is 11.5. The van der Waals surface area contributed by atoms with Gasteiger partial charge >= 0.3 is 0 Å². The summed E-state index contributed by atoms with van der Waals surface area (Å²) in [7, 11) is 0. The molecule has 2 unspecified atom stereocenters. The fraction of sp³-hybridized carbons (Fsp3) is 0.692. The van der Waals surface area contributed by atoms with Crippen molar-refractivity contribution in [3.63, 3.8) is 0 Å². The van der Waals surface area contributed by atoms with E-state index in [2.05, 4.69) is 38.7 Å². The summed E-state index contributed by atoms with van der Waals surface area (Å²) in [4.78, 5) is 0. The zero-order chi connectivity index (χ0) is 10.6. The van der Waals surface area contributed by atoms with Crippen molar-refractivity contribution in [3.05, 3.63) is 24.3 Å². The van der Waals surface area contributed by atoms with Gasteiger partial charge in [-0.2, -0.15) is 0 Å². The third-order valence-corrected chi connectivity index (χ3v) is 3.18. The van der Waals surface area contributed by atoms with Crippen molar-refractivity contribution in [2.75, 3.05) is 6.54 Å². The number of rotatable bonds is 4. The molecule has 0 aliphatic heterocycles.